The van der Waals surface area contributed by atoms with Crippen molar-refractivity contribution in [3.8, 4) is 0 Å². The highest BCUT2D eigenvalue weighted by Gasteiger charge is 2.32. The van der Waals surface area contributed by atoms with Gasteiger partial charge in [0.1, 0.15) is 0 Å². The zero-order valence-electron chi connectivity index (χ0n) is 10.7. The van der Waals surface area contributed by atoms with Gasteiger partial charge >= 0.3 is 0 Å². The molecule has 1 fully saturated rings. The third-order valence-corrected chi connectivity index (χ3v) is 3.67. The summed E-state index contributed by atoms with van der Waals surface area (Å²) < 4.78 is 0. The molecule has 0 radical (unpaired) electrons. The Kier molecular flexibility index (Phi) is 4.15. The largest absolute Gasteiger partial charge is 0.326 e. The molecule has 1 rings (SSSR count). The van der Waals surface area contributed by atoms with Crippen molar-refractivity contribution in [1.29, 1.82) is 0 Å². The first-order valence-electron chi connectivity index (χ1n) is 6.05. The molecule has 4 N–H and O–H groups in total. The van der Waals surface area contributed by atoms with Crippen LogP contribution in [0.2, 0.25) is 0 Å². The van der Waals surface area contributed by atoms with Gasteiger partial charge in [-0.1, -0.05) is 20.8 Å². The molecule has 1 aliphatic carbocycles. The lowest BCUT2D eigenvalue weighted by molar-refractivity contribution is 0.107. The fourth-order valence-electron chi connectivity index (χ4n) is 2.96. The number of hydrazine groups is 1. The molecule has 90 valence electrons. The van der Waals surface area contributed by atoms with Gasteiger partial charge in [-0.05, 0) is 37.0 Å². The Labute approximate surface area is 94.2 Å². The van der Waals surface area contributed by atoms with Gasteiger partial charge in [0, 0.05) is 19.1 Å². The van der Waals surface area contributed by atoms with Crippen LogP contribution in [0, 0.1) is 11.3 Å². The van der Waals surface area contributed by atoms with Gasteiger partial charge < -0.3 is 5.73 Å². The monoisotopic (exact) mass is 213 g/mol. The minimum atomic E-state index is 0.224. The zero-order chi connectivity index (χ0) is 11.6. The lowest BCUT2D eigenvalue weighted by Crippen LogP contribution is -2.52. The van der Waals surface area contributed by atoms with Crippen LogP contribution in [0.4, 0.5) is 0 Å². The zero-order valence-corrected chi connectivity index (χ0v) is 10.7. The van der Waals surface area contributed by atoms with E-state index in [2.05, 4.69) is 20.8 Å². The highest BCUT2D eigenvalue weighted by molar-refractivity contribution is 4.88. The summed E-state index contributed by atoms with van der Waals surface area (Å²) in [5.74, 6) is 6.67. The quantitative estimate of drug-likeness (QED) is 0.515. The van der Waals surface area contributed by atoms with E-state index in [1.165, 1.54) is 12.8 Å². The first-order chi connectivity index (χ1) is 6.82. The van der Waals surface area contributed by atoms with Gasteiger partial charge in [0.2, 0.25) is 0 Å². The summed E-state index contributed by atoms with van der Waals surface area (Å²) in [6, 6.07) is 0.550. The lowest BCUT2D eigenvalue weighted by atomic mass is 9.73. The number of rotatable bonds is 1. The van der Waals surface area contributed by atoms with Crippen molar-refractivity contribution in [3.05, 3.63) is 0 Å². The van der Waals surface area contributed by atoms with Crippen LogP contribution in [0.25, 0.3) is 0 Å². The molecular formula is C12H27N3. The predicted molar refractivity (Wildman–Crippen MR) is 65.1 cm³/mol. The molecule has 0 amide bonds. The Bertz CT molecular complexity index is 201. The Balaban J connectivity index is 2.73. The second-order valence-electron chi connectivity index (χ2n) is 6.15. The van der Waals surface area contributed by atoms with Crippen LogP contribution in [0.15, 0.2) is 0 Å². The van der Waals surface area contributed by atoms with Gasteiger partial charge in [-0.15, -0.1) is 0 Å². The molecule has 0 bridgehead atoms. The summed E-state index contributed by atoms with van der Waals surface area (Å²) in [4.78, 5) is 0. The molecule has 1 saturated carbocycles. The molecule has 0 aromatic rings. The third kappa shape index (κ3) is 3.74. The average molecular weight is 213 g/mol. The van der Waals surface area contributed by atoms with E-state index < -0.39 is 0 Å². The second kappa shape index (κ2) is 4.81. The smallest absolute Gasteiger partial charge is 0.0394 e. The van der Waals surface area contributed by atoms with E-state index in [9.17, 15) is 0 Å². The number of hydrogen-bond donors (Lipinski definition) is 2. The third-order valence-electron chi connectivity index (χ3n) is 3.67. The first kappa shape index (κ1) is 12.9. The molecule has 0 aliphatic heterocycles. The van der Waals surface area contributed by atoms with Crippen molar-refractivity contribution >= 4 is 0 Å². The molecule has 0 spiro atoms. The minimum Gasteiger partial charge on any atom is -0.326 e. The van der Waals surface area contributed by atoms with Crippen LogP contribution >= 0.6 is 0 Å². The fourth-order valence-corrected chi connectivity index (χ4v) is 2.96. The molecule has 0 aromatic carbocycles. The predicted octanol–water partition coefficient (Wildman–Crippen LogP) is 1.72. The van der Waals surface area contributed by atoms with Crippen molar-refractivity contribution in [3.63, 3.8) is 0 Å². The molecule has 3 unspecified atom stereocenters. The van der Waals surface area contributed by atoms with Crippen molar-refractivity contribution in [2.24, 2.45) is 22.9 Å². The van der Waals surface area contributed by atoms with Crippen LogP contribution in [0.3, 0.4) is 0 Å². The summed E-state index contributed by atoms with van der Waals surface area (Å²) in [6.07, 6.45) is 4.72. The van der Waals surface area contributed by atoms with Crippen molar-refractivity contribution in [2.45, 2.75) is 58.5 Å². The van der Waals surface area contributed by atoms with E-state index in [1.54, 1.807) is 0 Å². The molecular weight excluding hydrogens is 186 g/mol. The molecule has 1 aliphatic rings. The summed E-state index contributed by atoms with van der Waals surface area (Å²) >= 11 is 0. The summed E-state index contributed by atoms with van der Waals surface area (Å²) in [7, 11) is 1.94. The Morgan fingerprint density at radius 2 is 1.80 bits per heavy atom. The van der Waals surface area contributed by atoms with Gasteiger partial charge in [-0.3, -0.25) is 5.84 Å². The molecule has 0 saturated heterocycles. The van der Waals surface area contributed by atoms with Gasteiger partial charge in [0.05, 0.1) is 0 Å². The van der Waals surface area contributed by atoms with Crippen molar-refractivity contribution in [1.82, 2.24) is 5.01 Å². The highest BCUT2D eigenvalue weighted by atomic mass is 15.4. The number of nitrogens with two attached hydrogens (primary N) is 2. The summed E-state index contributed by atoms with van der Waals surface area (Å²) in [5, 5.41) is 1.81. The number of nitrogens with zero attached hydrogens (tertiary/aromatic N) is 1. The molecule has 3 nitrogen and oxygen atoms in total. The normalized spacial score (nSPS) is 37.4. The van der Waals surface area contributed by atoms with Gasteiger partial charge in [-0.25, -0.2) is 5.01 Å². The molecule has 3 atom stereocenters. The van der Waals surface area contributed by atoms with Gasteiger partial charge in [-0.2, -0.15) is 0 Å². The highest BCUT2D eigenvalue weighted by Crippen LogP contribution is 2.36. The maximum absolute atomic E-state index is 6.21. The second-order valence-corrected chi connectivity index (χ2v) is 6.15. The van der Waals surface area contributed by atoms with Crippen LogP contribution in [-0.4, -0.2) is 24.1 Å². The molecule has 0 aromatic heterocycles. The van der Waals surface area contributed by atoms with Crippen LogP contribution in [0.1, 0.15) is 46.5 Å². The van der Waals surface area contributed by atoms with E-state index >= 15 is 0 Å². The molecule has 3 heteroatoms. The maximum Gasteiger partial charge on any atom is 0.0394 e. The topological polar surface area (TPSA) is 55.3 Å². The standard InChI is InChI=1S/C12H27N3/c1-9-5-6-10(13)11(15(4)14)8-12(2,3)7-9/h9-11H,5-8,13-14H2,1-4H3. The van der Waals surface area contributed by atoms with Gasteiger partial charge in [0.25, 0.3) is 0 Å². The van der Waals surface area contributed by atoms with E-state index in [1.807, 2.05) is 12.1 Å². The van der Waals surface area contributed by atoms with Crippen LogP contribution < -0.4 is 11.6 Å². The Morgan fingerprint density at radius 3 is 2.33 bits per heavy atom. The summed E-state index contributed by atoms with van der Waals surface area (Å²) in [6.45, 7) is 7.00. The van der Waals surface area contributed by atoms with Gasteiger partial charge in [0.15, 0.2) is 0 Å². The van der Waals surface area contributed by atoms with E-state index in [-0.39, 0.29) is 6.04 Å². The van der Waals surface area contributed by atoms with E-state index in [4.69, 9.17) is 11.6 Å². The fraction of sp³-hybridized carbons (Fsp3) is 1.00. The first-order valence-corrected chi connectivity index (χ1v) is 6.05. The lowest BCUT2D eigenvalue weighted by Gasteiger charge is -2.40. The van der Waals surface area contributed by atoms with Crippen molar-refractivity contribution < 1.29 is 0 Å². The maximum atomic E-state index is 6.21. The van der Waals surface area contributed by atoms with Crippen molar-refractivity contribution in [2.75, 3.05) is 7.05 Å². The minimum absolute atomic E-state index is 0.224. The van der Waals surface area contributed by atoms with E-state index in [0.717, 1.165) is 18.8 Å². The van der Waals surface area contributed by atoms with Crippen LogP contribution in [0.5, 0.6) is 0 Å². The Morgan fingerprint density at radius 1 is 1.20 bits per heavy atom. The number of likely N-dealkylation sites (N-methyl/N-ethyl adjacent to an activating group) is 1. The average Bonchev–Trinajstić information content (AvgIpc) is 2.07. The van der Waals surface area contributed by atoms with E-state index in [0.29, 0.717) is 11.5 Å². The Hall–Kier alpha value is -0.120. The number of hydrogen-bond acceptors (Lipinski definition) is 3. The van der Waals surface area contributed by atoms with Crippen LogP contribution in [-0.2, 0) is 0 Å². The SMILES string of the molecule is CC1CCC(N)C(N(C)N)CC(C)(C)C1. The summed E-state index contributed by atoms with van der Waals surface area (Å²) in [5.41, 5.74) is 6.57. The molecule has 15 heavy (non-hydrogen) atoms. The molecule has 0 heterocycles.